The molecule has 0 saturated heterocycles. The van der Waals surface area contributed by atoms with Crippen molar-refractivity contribution in [1.82, 2.24) is 20.2 Å². The smallest absolute Gasteiger partial charge is 0.252 e. The molecule has 2 rings (SSSR count). The van der Waals surface area contributed by atoms with E-state index < -0.39 is 0 Å². The number of H-pyrrole nitrogens is 2. The van der Waals surface area contributed by atoms with Crippen molar-refractivity contribution in [3.8, 4) is 0 Å². The molecule has 0 aliphatic carbocycles. The molecule has 5 N–H and O–H groups in total. The number of aromatic nitrogens is 4. The van der Waals surface area contributed by atoms with Gasteiger partial charge >= 0.3 is 0 Å². The van der Waals surface area contributed by atoms with E-state index in [4.69, 9.17) is 5.73 Å². The minimum absolute atomic E-state index is 0.201. The van der Waals surface area contributed by atoms with E-state index in [1.807, 2.05) is 0 Å². The molecule has 0 amide bonds. The Hall–Kier alpha value is -2.31. The zero-order chi connectivity index (χ0) is 10.7. The maximum atomic E-state index is 10.9. The summed E-state index contributed by atoms with van der Waals surface area (Å²) in [4.78, 5) is 17.3. The Kier molecular flexibility index (Phi) is 2.36. The topological polar surface area (TPSA) is 112 Å². The first-order chi connectivity index (χ1) is 7.25. The normalized spacial score (nSPS) is 10.1. The Morgan fingerprint density at radius 1 is 1.53 bits per heavy atom. The minimum atomic E-state index is -0.201. The van der Waals surface area contributed by atoms with Gasteiger partial charge in [0.15, 0.2) is 0 Å². The SMILES string of the molecule is Nc1[nH]ncc1CNc1cc(=O)[nH]cn1. The van der Waals surface area contributed by atoms with E-state index in [1.54, 1.807) is 6.20 Å². The van der Waals surface area contributed by atoms with E-state index in [2.05, 4.69) is 25.5 Å². The van der Waals surface area contributed by atoms with Gasteiger partial charge in [-0.25, -0.2) is 4.98 Å². The van der Waals surface area contributed by atoms with Crippen LogP contribution in [0.15, 0.2) is 23.4 Å². The lowest BCUT2D eigenvalue weighted by atomic mass is 10.3. The summed E-state index contributed by atoms with van der Waals surface area (Å²) in [6.07, 6.45) is 2.96. The van der Waals surface area contributed by atoms with E-state index >= 15 is 0 Å². The molecule has 0 aliphatic rings. The molecular weight excluding hydrogens is 196 g/mol. The highest BCUT2D eigenvalue weighted by atomic mass is 16.1. The van der Waals surface area contributed by atoms with E-state index in [0.717, 1.165) is 5.56 Å². The van der Waals surface area contributed by atoms with Gasteiger partial charge in [0.1, 0.15) is 11.6 Å². The Morgan fingerprint density at radius 2 is 2.40 bits per heavy atom. The third-order valence-electron chi connectivity index (χ3n) is 1.89. The molecule has 0 bridgehead atoms. The number of anilines is 2. The first-order valence-electron chi connectivity index (χ1n) is 4.32. The van der Waals surface area contributed by atoms with Gasteiger partial charge in [0.05, 0.1) is 12.5 Å². The number of nitrogen functional groups attached to an aromatic ring is 1. The van der Waals surface area contributed by atoms with E-state index in [0.29, 0.717) is 18.2 Å². The molecule has 2 aromatic rings. The van der Waals surface area contributed by atoms with Crippen LogP contribution < -0.4 is 16.6 Å². The van der Waals surface area contributed by atoms with Gasteiger partial charge in [-0.15, -0.1) is 0 Å². The Bertz CT molecular complexity index is 502. The van der Waals surface area contributed by atoms with Gasteiger partial charge in [0, 0.05) is 18.2 Å². The molecule has 78 valence electrons. The third-order valence-corrected chi connectivity index (χ3v) is 1.89. The van der Waals surface area contributed by atoms with Crippen LogP contribution in [0.1, 0.15) is 5.56 Å². The summed E-state index contributed by atoms with van der Waals surface area (Å²) in [5.74, 6) is 1.01. The average molecular weight is 206 g/mol. The van der Waals surface area contributed by atoms with Crippen LogP contribution in [0, 0.1) is 0 Å². The predicted molar refractivity (Wildman–Crippen MR) is 55.2 cm³/mol. The standard InChI is InChI=1S/C8H10N6O/c9-8-5(3-13-14-8)2-10-6-1-7(15)12-4-11-6/h1,3-4H,2H2,(H3,9,13,14)(H2,10,11,12,15). The molecule has 2 aromatic heterocycles. The van der Waals surface area contributed by atoms with E-state index in [1.165, 1.54) is 12.4 Å². The number of rotatable bonds is 3. The highest BCUT2D eigenvalue weighted by molar-refractivity contribution is 5.41. The van der Waals surface area contributed by atoms with Crippen LogP contribution in [0.2, 0.25) is 0 Å². The summed E-state index contributed by atoms with van der Waals surface area (Å²) in [6, 6.07) is 1.37. The lowest BCUT2D eigenvalue weighted by Gasteiger charge is -2.02. The van der Waals surface area contributed by atoms with Gasteiger partial charge in [-0.05, 0) is 0 Å². The summed E-state index contributed by atoms with van der Waals surface area (Å²) >= 11 is 0. The van der Waals surface area contributed by atoms with Crippen molar-refractivity contribution in [3.05, 3.63) is 34.5 Å². The summed E-state index contributed by atoms with van der Waals surface area (Å²) < 4.78 is 0. The lowest BCUT2D eigenvalue weighted by Crippen LogP contribution is -2.09. The summed E-state index contributed by atoms with van der Waals surface area (Å²) in [7, 11) is 0. The minimum Gasteiger partial charge on any atom is -0.384 e. The molecule has 7 heteroatoms. The number of nitrogens with one attached hydrogen (secondary N) is 3. The van der Waals surface area contributed by atoms with E-state index in [9.17, 15) is 4.79 Å². The van der Waals surface area contributed by atoms with Crippen LogP contribution in [0.5, 0.6) is 0 Å². The number of hydrogen-bond acceptors (Lipinski definition) is 5. The number of nitrogens with two attached hydrogens (primary N) is 1. The molecule has 2 heterocycles. The maximum absolute atomic E-state index is 10.9. The van der Waals surface area contributed by atoms with Crippen LogP contribution in [-0.4, -0.2) is 20.2 Å². The zero-order valence-electron chi connectivity index (χ0n) is 7.82. The van der Waals surface area contributed by atoms with Crippen molar-refractivity contribution in [2.75, 3.05) is 11.1 Å². The van der Waals surface area contributed by atoms with Gasteiger partial charge in [0.25, 0.3) is 5.56 Å². The number of hydrogen-bond donors (Lipinski definition) is 4. The van der Waals surface area contributed by atoms with Gasteiger partial charge < -0.3 is 16.0 Å². The van der Waals surface area contributed by atoms with Crippen molar-refractivity contribution in [2.24, 2.45) is 0 Å². The van der Waals surface area contributed by atoms with Crippen molar-refractivity contribution in [2.45, 2.75) is 6.54 Å². The first-order valence-corrected chi connectivity index (χ1v) is 4.32. The van der Waals surface area contributed by atoms with Crippen LogP contribution in [-0.2, 0) is 6.54 Å². The van der Waals surface area contributed by atoms with Crippen LogP contribution >= 0.6 is 0 Å². The maximum Gasteiger partial charge on any atom is 0.252 e. The molecular formula is C8H10N6O. The van der Waals surface area contributed by atoms with Gasteiger partial charge in [0.2, 0.25) is 0 Å². The van der Waals surface area contributed by atoms with Crippen LogP contribution in [0.3, 0.4) is 0 Å². The van der Waals surface area contributed by atoms with Gasteiger partial charge in [-0.3, -0.25) is 9.89 Å². The Balaban J connectivity index is 2.05. The van der Waals surface area contributed by atoms with Gasteiger partial charge in [-0.2, -0.15) is 5.10 Å². The second kappa shape index (κ2) is 3.82. The van der Waals surface area contributed by atoms with Gasteiger partial charge in [-0.1, -0.05) is 0 Å². The Labute approximate surface area is 84.7 Å². The van der Waals surface area contributed by atoms with Crippen LogP contribution in [0.4, 0.5) is 11.6 Å². The fraction of sp³-hybridized carbons (Fsp3) is 0.125. The quantitative estimate of drug-likeness (QED) is 0.550. The molecule has 0 unspecified atom stereocenters. The fourth-order valence-corrected chi connectivity index (χ4v) is 1.11. The molecule has 7 nitrogen and oxygen atoms in total. The van der Waals surface area contributed by atoms with Crippen molar-refractivity contribution in [3.63, 3.8) is 0 Å². The molecule has 0 atom stereocenters. The third kappa shape index (κ3) is 2.13. The monoisotopic (exact) mass is 206 g/mol. The summed E-state index contributed by atoms with van der Waals surface area (Å²) in [6.45, 7) is 0.471. The van der Waals surface area contributed by atoms with Crippen molar-refractivity contribution in [1.29, 1.82) is 0 Å². The molecule has 0 radical (unpaired) electrons. The molecule has 0 aliphatic heterocycles. The largest absolute Gasteiger partial charge is 0.384 e. The fourth-order valence-electron chi connectivity index (χ4n) is 1.11. The predicted octanol–water partition coefficient (Wildman–Crippen LogP) is -0.313. The zero-order valence-corrected chi connectivity index (χ0v) is 7.82. The second-order valence-electron chi connectivity index (χ2n) is 2.96. The number of nitrogens with zero attached hydrogens (tertiary/aromatic N) is 2. The van der Waals surface area contributed by atoms with Crippen molar-refractivity contribution < 1.29 is 0 Å². The second-order valence-corrected chi connectivity index (χ2v) is 2.96. The average Bonchev–Trinajstić information content (AvgIpc) is 2.61. The number of aromatic amines is 2. The molecule has 0 saturated carbocycles. The highest BCUT2D eigenvalue weighted by Gasteiger charge is 2.01. The molecule has 0 spiro atoms. The van der Waals surface area contributed by atoms with Crippen LogP contribution in [0.25, 0.3) is 0 Å². The molecule has 0 fully saturated rings. The highest BCUT2D eigenvalue weighted by Crippen LogP contribution is 2.07. The van der Waals surface area contributed by atoms with E-state index in [-0.39, 0.29) is 5.56 Å². The molecule has 15 heavy (non-hydrogen) atoms. The summed E-state index contributed by atoms with van der Waals surface area (Å²) in [5, 5.41) is 9.35. The lowest BCUT2D eigenvalue weighted by molar-refractivity contribution is 1.06. The summed E-state index contributed by atoms with van der Waals surface area (Å²) in [5.41, 5.74) is 6.22. The first kappa shape index (κ1) is 9.25. The molecule has 0 aromatic carbocycles. The van der Waals surface area contributed by atoms with Crippen molar-refractivity contribution >= 4 is 11.6 Å². The Morgan fingerprint density at radius 3 is 3.07 bits per heavy atom.